The molecule has 2 aromatic rings. The molecule has 0 atom stereocenters. The van der Waals surface area contributed by atoms with Crippen molar-refractivity contribution in [3.8, 4) is 11.5 Å². The van der Waals surface area contributed by atoms with Crippen molar-refractivity contribution in [3.05, 3.63) is 41.3 Å². The highest BCUT2D eigenvalue weighted by molar-refractivity contribution is 5.89. The van der Waals surface area contributed by atoms with Crippen LogP contribution in [0.15, 0.2) is 28.7 Å². The van der Waals surface area contributed by atoms with Gasteiger partial charge in [0.25, 0.3) is 0 Å². The number of halogens is 3. The first-order valence-electron chi connectivity index (χ1n) is 6.15. The van der Waals surface area contributed by atoms with Gasteiger partial charge in [0.2, 0.25) is 11.7 Å². The Bertz CT molecular complexity index is 662. The molecule has 1 aromatic heterocycles. The van der Waals surface area contributed by atoms with Gasteiger partial charge in [0.05, 0.1) is 6.61 Å². The Kier molecular flexibility index (Phi) is 4.02. The highest BCUT2D eigenvalue weighted by Crippen LogP contribution is 2.35. The number of carbonyl (C=O) groups excluding carboxylic acids is 1. The van der Waals surface area contributed by atoms with E-state index in [1.54, 1.807) is 31.2 Å². The number of hydrogen-bond donors (Lipinski definition) is 0. The van der Waals surface area contributed by atoms with Crippen molar-refractivity contribution in [2.75, 3.05) is 6.61 Å². The Labute approximate surface area is 118 Å². The molecule has 1 aromatic carbocycles. The summed E-state index contributed by atoms with van der Waals surface area (Å²) in [6.07, 6.45) is -4.82. The Morgan fingerprint density at radius 2 is 2.10 bits per heavy atom. The van der Waals surface area contributed by atoms with Crippen molar-refractivity contribution in [2.24, 2.45) is 0 Å². The minimum absolute atomic E-state index is 0.0528. The summed E-state index contributed by atoms with van der Waals surface area (Å²) in [6.45, 7) is 3.22. The molecule has 2 rings (SSSR count). The molecular formula is C14H12F3NO3. The summed E-state index contributed by atoms with van der Waals surface area (Å²) in [5.74, 6) is -2.88. The lowest BCUT2D eigenvalue weighted by molar-refractivity contribution is -0.153. The first-order chi connectivity index (χ1) is 9.82. The molecule has 7 heteroatoms. The van der Waals surface area contributed by atoms with Gasteiger partial charge in [-0.15, -0.1) is 0 Å². The van der Waals surface area contributed by atoms with Crippen LogP contribution in [-0.2, 0) is 10.9 Å². The first kappa shape index (κ1) is 15.1. The Balaban J connectivity index is 2.53. The largest absolute Gasteiger partial charge is 0.461 e. The number of benzene rings is 1. The molecule has 0 spiro atoms. The second-order valence-corrected chi connectivity index (χ2v) is 4.28. The predicted molar refractivity (Wildman–Crippen MR) is 67.6 cm³/mol. The van der Waals surface area contributed by atoms with Crippen LogP contribution in [0.3, 0.4) is 0 Å². The van der Waals surface area contributed by atoms with E-state index in [0.29, 0.717) is 5.56 Å². The van der Waals surface area contributed by atoms with Gasteiger partial charge < -0.3 is 9.15 Å². The number of aromatic nitrogens is 1. The van der Waals surface area contributed by atoms with Crippen LogP contribution in [-0.4, -0.2) is 17.6 Å². The summed E-state index contributed by atoms with van der Waals surface area (Å²) in [4.78, 5) is 15.2. The van der Waals surface area contributed by atoms with E-state index in [0.717, 1.165) is 5.56 Å². The van der Waals surface area contributed by atoms with Crippen LogP contribution in [0.4, 0.5) is 13.2 Å². The summed E-state index contributed by atoms with van der Waals surface area (Å²) in [7, 11) is 0. The Morgan fingerprint density at radius 1 is 1.38 bits per heavy atom. The zero-order valence-corrected chi connectivity index (χ0v) is 11.3. The standard InChI is InChI=1S/C14H12F3NO3/c1-3-20-13(19)10-11(14(15,16)17)21-12(18-10)9-6-4-5-8(2)7-9/h4-7H,3H2,1-2H3. The normalized spacial score (nSPS) is 11.5. The van der Waals surface area contributed by atoms with E-state index in [9.17, 15) is 18.0 Å². The van der Waals surface area contributed by atoms with Crippen LogP contribution in [0.25, 0.3) is 11.5 Å². The molecular weight excluding hydrogens is 287 g/mol. The third-order valence-electron chi connectivity index (χ3n) is 2.62. The van der Waals surface area contributed by atoms with Gasteiger partial charge in [0, 0.05) is 5.56 Å². The van der Waals surface area contributed by atoms with Gasteiger partial charge in [-0.05, 0) is 26.0 Å². The molecule has 0 bridgehead atoms. The lowest BCUT2D eigenvalue weighted by Crippen LogP contribution is -2.13. The molecule has 0 aliphatic rings. The monoisotopic (exact) mass is 299 g/mol. The fourth-order valence-corrected chi connectivity index (χ4v) is 1.75. The molecule has 1 heterocycles. The number of nitrogens with zero attached hydrogens (tertiary/aromatic N) is 1. The fourth-order valence-electron chi connectivity index (χ4n) is 1.75. The average molecular weight is 299 g/mol. The third-order valence-corrected chi connectivity index (χ3v) is 2.62. The van der Waals surface area contributed by atoms with E-state index >= 15 is 0 Å². The van der Waals surface area contributed by atoms with Crippen molar-refractivity contribution >= 4 is 5.97 Å². The fraction of sp³-hybridized carbons (Fsp3) is 0.286. The van der Waals surface area contributed by atoms with Crippen LogP contribution >= 0.6 is 0 Å². The predicted octanol–water partition coefficient (Wildman–Crippen LogP) is 3.85. The zero-order valence-electron chi connectivity index (χ0n) is 11.3. The minimum Gasteiger partial charge on any atom is -0.461 e. The van der Waals surface area contributed by atoms with Crippen molar-refractivity contribution in [2.45, 2.75) is 20.0 Å². The average Bonchev–Trinajstić information content (AvgIpc) is 2.84. The highest BCUT2D eigenvalue weighted by atomic mass is 19.4. The van der Waals surface area contributed by atoms with Gasteiger partial charge in [0.15, 0.2) is 5.69 Å². The molecule has 0 N–H and O–H groups in total. The summed E-state index contributed by atoms with van der Waals surface area (Å²) >= 11 is 0. The number of alkyl halides is 3. The van der Waals surface area contributed by atoms with Crippen LogP contribution in [0, 0.1) is 6.92 Å². The second-order valence-electron chi connectivity index (χ2n) is 4.28. The maximum atomic E-state index is 12.9. The van der Waals surface area contributed by atoms with E-state index in [4.69, 9.17) is 4.42 Å². The van der Waals surface area contributed by atoms with E-state index in [1.165, 1.54) is 6.92 Å². The molecule has 0 saturated heterocycles. The Hall–Kier alpha value is -2.31. The van der Waals surface area contributed by atoms with Crippen molar-refractivity contribution in [3.63, 3.8) is 0 Å². The topological polar surface area (TPSA) is 52.3 Å². The van der Waals surface area contributed by atoms with Gasteiger partial charge in [-0.3, -0.25) is 0 Å². The van der Waals surface area contributed by atoms with E-state index < -0.39 is 23.6 Å². The van der Waals surface area contributed by atoms with Gasteiger partial charge in [-0.25, -0.2) is 9.78 Å². The number of aryl methyl sites for hydroxylation is 1. The van der Waals surface area contributed by atoms with Gasteiger partial charge >= 0.3 is 12.1 Å². The van der Waals surface area contributed by atoms with E-state index in [2.05, 4.69) is 9.72 Å². The van der Waals surface area contributed by atoms with Crippen molar-refractivity contribution < 1.29 is 27.1 Å². The highest BCUT2D eigenvalue weighted by Gasteiger charge is 2.42. The molecule has 0 aliphatic carbocycles. The van der Waals surface area contributed by atoms with Gasteiger partial charge in [0.1, 0.15) is 0 Å². The number of ether oxygens (including phenoxy) is 1. The number of esters is 1. The summed E-state index contributed by atoms with van der Waals surface area (Å²) in [5.41, 5.74) is 0.328. The van der Waals surface area contributed by atoms with Gasteiger partial charge in [-0.2, -0.15) is 13.2 Å². The SMILES string of the molecule is CCOC(=O)c1nc(-c2cccc(C)c2)oc1C(F)(F)F. The summed E-state index contributed by atoms with van der Waals surface area (Å²) < 4.78 is 48.1. The van der Waals surface area contributed by atoms with Crippen LogP contribution in [0.5, 0.6) is 0 Å². The molecule has 0 fully saturated rings. The molecule has 0 aliphatic heterocycles. The van der Waals surface area contributed by atoms with Crippen LogP contribution in [0.1, 0.15) is 28.7 Å². The summed E-state index contributed by atoms with van der Waals surface area (Å²) in [5, 5.41) is 0. The first-order valence-corrected chi connectivity index (χ1v) is 6.15. The molecule has 0 radical (unpaired) electrons. The lowest BCUT2D eigenvalue weighted by atomic mass is 10.1. The van der Waals surface area contributed by atoms with Crippen molar-refractivity contribution in [1.29, 1.82) is 0 Å². The molecule has 21 heavy (non-hydrogen) atoms. The number of carbonyl (C=O) groups is 1. The maximum Gasteiger partial charge on any atom is 0.452 e. The Morgan fingerprint density at radius 3 is 2.67 bits per heavy atom. The summed E-state index contributed by atoms with van der Waals surface area (Å²) in [6, 6.07) is 6.60. The lowest BCUT2D eigenvalue weighted by Gasteiger charge is -2.03. The second kappa shape index (κ2) is 5.59. The van der Waals surface area contributed by atoms with Gasteiger partial charge in [-0.1, -0.05) is 17.7 Å². The molecule has 0 amide bonds. The van der Waals surface area contributed by atoms with E-state index in [-0.39, 0.29) is 12.5 Å². The van der Waals surface area contributed by atoms with Crippen LogP contribution in [0.2, 0.25) is 0 Å². The zero-order chi connectivity index (χ0) is 15.6. The van der Waals surface area contributed by atoms with E-state index in [1.807, 2.05) is 0 Å². The third kappa shape index (κ3) is 3.24. The van der Waals surface area contributed by atoms with Crippen molar-refractivity contribution in [1.82, 2.24) is 4.98 Å². The smallest absolute Gasteiger partial charge is 0.452 e. The van der Waals surface area contributed by atoms with Crippen LogP contribution < -0.4 is 0 Å². The molecule has 4 nitrogen and oxygen atoms in total. The molecule has 0 saturated carbocycles. The number of hydrogen-bond acceptors (Lipinski definition) is 4. The minimum atomic E-state index is -4.82. The molecule has 0 unspecified atom stereocenters. The quantitative estimate of drug-likeness (QED) is 0.808. The molecule has 112 valence electrons. The number of oxazole rings is 1. The number of rotatable bonds is 3. The maximum absolute atomic E-state index is 12.9.